The topological polar surface area (TPSA) is 104 Å². The van der Waals surface area contributed by atoms with Crippen molar-refractivity contribution in [2.45, 2.75) is 18.1 Å². The van der Waals surface area contributed by atoms with Crippen LogP contribution in [0.2, 0.25) is 0 Å². The Morgan fingerprint density at radius 3 is 2.65 bits per heavy atom. The molecule has 1 fully saturated rings. The van der Waals surface area contributed by atoms with Crippen LogP contribution >= 0.6 is 0 Å². The van der Waals surface area contributed by atoms with Gasteiger partial charge < -0.3 is 9.32 Å². The third kappa shape index (κ3) is 3.59. The Balaban J connectivity index is 1.83. The molecular formula is C17H22N4O4S. The molecule has 1 saturated heterocycles. The van der Waals surface area contributed by atoms with Crippen LogP contribution in [0, 0.1) is 12.8 Å². The number of hydrogen-bond donors (Lipinski definition) is 3. The highest BCUT2D eigenvalue weighted by atomic mass is 32.2. The molecule has 0 radical (unpaired) electrons. The molecular weight excluding hydrogens is 356 g/mol. The fourth-order valence-electron chi connectivity index (χ4n) is 2.86. The average molecular weight is 378 g/mol. The van der Waals surface area contributed by atoms with Crippen molar-refractivity contribution in [3.63, 3.8) is 0 Å². The van der Waals surface area contributed by atoms with E-state index in [0.29, 0.717) is 18.0 Å². The number of hydrogen-bond acceptors (Lipinski definition) is 6. The van der Waals surface area contributed by atoms with Gasteiger partial charge in [0.2, 0.25) is 11.0 Å². The summed E-state index contributed by atoms with van der Waals surface area (Å²) in [5.41, 5.74) is 7.20. The Bertz CT molecular complexity index is 907. The van der Waals surface area contributed by atoms with E-state index in [4.69, 9.17) is 4.42 Å². The molecule has 140 valence electrons. The standard InChI is InChI=1S/C17H22N4O4S/c1-11-6-4-5-7-13(11)20-26(23,24)15-9-8-14(25-15)16-12(10-18-19-16)17(22)21(2)3/h4-9,12,16,18-20H,10H2,1-3H3. The van der Waals surface area contributed by atoms with Crippen LogP contribution in [0.1, 0.15) is 17.4 Å². The first kappa shape index (κ1) is 18.4. The molecule has 0 aliphatic carbocycles. The monoisotopic (exact) mass is 378 g/mol. The van der Waals surface area contributed by atoms with E-state index >= 15 is 0 Å². The van der Waals surface area contributed by atoms with Gasteiger partial charge in [-0.15, -0.1) is 0 Å². The maximum atomic E-state index is 12.6. The van der Waals surface area contributed by atoms with E-state index in [0.717, 1.165) is 5.56 Å². The number of anilines is 1. The summed E-state index contributed by atoms with van der Waals surface area (Å²) in [5.74, 6) is -0.0530. The Morgan fingerprint density at radius 1 is 1.23 bits per heavy atom. The summed E-state index contributed by atoms with van der Waals surface area (Å²) in [5, 5.41) is -0.194. The minimum atomic E-state index is -3.86. The Hall–Kier alpha value is -2.36. The Labute approximate surface area is 152 Å². The number of nitrogens with one attached hydrogen (secondary N) is 3. The van der Waals surface area contributed by atoms with Gasteiger partial charge in [0.25, 0.3) is 10.0 Å². The third-order valence-corrected chi connectivity index (χ3v) is 5.54. The second-order valence-corrected chi connectivity index (χ2v) is 8.03. The lowest BCUT2D eigenvalue weighted by Crippen LogP contribution is -2.34. The zero-order valence-corrected chi connectivity index (χ0v) is 15.6. The zero-order chi connectivity index (χ0) is 18.9. The van der Waals surface area contributed by atoms with Crippen molar-refractivity contribution < 1.29 is 17.6 Å². The molecule has 1 aliphatic heterocycles. The number of rotatable bonds is 5. The SMILES string of the molecule is Cc1ccccc1NS(=O)(=O)c1ccc(C2NNCC2C(=O)N(C)C)o1. The fraction of sp³-hybridized carbons (Fsp3) is 0.353. The third-order valence-electron chi connectivity index (χ3n) is 4.30. The van der Waals surface area contributed by atoms with Gasteiger partial charge in [-0.2, -0.15) is 8.42 Å². The molecule has 3 rings (SSSR count). The van der Waals surface area contributed by atoms with E-state index in [1.165, 1.54) is 11.0 Å². The average Bonchev–Trinajstić information content (AvgIpc) is 3.25. The van der Waals surface area contributed by atoms with Crippen molar-refractivity contribution in [2.24, 2.45) is 5.92 Å². The van der Waals surface area contributed by atoms with Crippen molar-refractivity contribution in [3.05, 3.63) is 47.7 Å². The van der Waals surface area contributed by atoms with Crippen LogP contribution in [0.15, 0.2) is 45.9 Å². The van der Waals surface area contributed by atoms with Gasteiger partial charge in [-0.1, -0.05) is 18.2 Å². The van der Waals surface area contributed by atoms with Crippen molar-refractivity contribution in [1.82, 2.24) is 15.8 Å². The highest BCUT2D eigenvalue weighted by Gasteiger charge is 2.37. The number of carbonyl (C=O) groups excluding carboxylic acids is 1. The number of aryl methyl sites for hydroxylation is 1. The molecule has 1 amide bonds. The van der Waals surface area contributed by atoms with Crippen LogP contribution in [0.25, 0.3) is 0 Å². The summed E-state index contributed by atoms with van der Waals surface area (Å²) in [7, 11) is -0.494. The van der Waals surface area contributed by atoms with Gasteiger partial charge >= 0.3 is 0 Å². The summed E-state index contributed by atoms with van der Waals surface area (Å²) >= 11 is 0. The van der Waals surface area contributed by atoms with Crippen molar-refractivity contribution in [2.75, 3.05) is 25.4 Å². The van der Waals surface area contributed by atoms with E-state index in [9.17, 15) is 13.2 Å². The van der Waals surface area contributed by atoms with Crippen LogP contribution in [0.3, 0.4) is 0 Å². The molecule has 1 aliphatic rings. The van der Waals surface area contributed by atoms with Gasteiger partial charge in [0, 0.05) is 20.6 Å². The number of furan rings is 1. The van der Waals surface area contributed by atoms with Crippen LogP contribution in [-0.2, 0) is 14.8 Å². The van der Waals surface area contributed by atoms with Gasteiger partial charge in [-0.25, -0.2) is 5.43 Å². The summed E-state index contributed by atoms with van der Waals surface area (Å²) < 4.78 is 33.3. The maximum absolute atomic E-state index is 12.6. The van der Waals surface area contributed by atoms with Crippen LogP contribution in [0.5, 0.6) is 0 Å². The minimum Gasteiger partial charge on any atom is -0.446 e. The fourth-order valence-corrected chi connectivity index (χ4v) is 3.93. The molecule has 2 atom stereocenters. The summed E-state index contributed by atoms with van der Waals surface area (Å²) in [4.78, 5) is 13.8. The quantitative estimate of drug-likeness (QED) is 0.723. The van der Waals surface area contributed by atoms with Crippen LogP contribution in [0.4, 0.5) is 5.69 Å². The lowest BCUT2D eigenvalue weighted by molar-refractivity contribution is -0.133. The molecule has 9 heteroatoms. The van der Waals surface area contributed by atoms with E-state index < -0.39 is 16.1 Å². The number of amides is 1. The van der Waals surface area contributed by atoms with Gasteiger partial charge in [0.05, 0.1) is 17.6 Å². The van der Waals surface area contributed by atoms with Crippen molar-refractivity contribution >= 4 is 21.6 Å². The lowest BCUT2D eigenvalue weighted by Gasteiger charge is -2.19. The first-order valence-electron chi connectivity index (χ1n) is 8.17. The van der Waals surface area contributed by atoms with E-state index in [-0.39, 0.29) is 16.9 Å². The summed E-state index contributed by atoms with van der Waals surface area (Å²) in [6, 6.07) is 9.62. The summed E-state index contributed by atoms with van der Waals surface area (Å²) in [6.45, 7) is 2.25. The van der Waals surface area contributed by atoms with Gasteiger partial charge in [-0.05, 0) is 30.7 Å². The highest BCUT2D eigenvalue weighted by molar-refractivity contribution is 7.92. The van der Waals surface area contributed by atoms with E-state index in [2.05, 4.69) is 15.6 Å². The van der Waals surface area contributed by atoms with Gasteiger partial charge in [-0.3, -0.25) is 14.9 Å². The van der Waals surface area contributed by atoms with Crippen molar-refractivity contribution in [3.8, 4) is 0 Å². The molecule has 0 saturated carbocycles. The molecule has 1 aromatic carbocycles. The van der Waals surface area contributed by atoms with Gasteiger partial charge in [0.15, 0.2) is 0 Å². The van der Waals surface area contributed by atoms with Crippen LogP contribution < -0.4 is 15.6 Å². The van der Waals surface area contributed by atoms with E-state index in [1.807, 2.05) is 19.1 Å². The van der Waals surface area contributed by atoms with E-state index in [1.54, 1.807) is 32.3 Å². The number of carbonyl (C=O) groups is 1. The van der Waals surface area contributed by atoms with Crippen LogP contribution in [-0.4, -0.2) is 39.9 Å². The maximum Gasteiger partial charge on any atom is 0.295 e. The predicted molar refractivity (Wildman–Crippen MR) is 96.8 cm³/mol. The normalized spacial score (nSPS) is 20.1. The Kier molecular flexibility index (Phi) is 5.03. The molecule has 0 spiro atoms. The summed E-state index contributed by atoms with van der Waals surface area (Å²) in [6.07, 6.45) is 0. The Morgan fingerprint density at radius 2 is 1.96 bits per heavy atom. The molecule has 0 bridgehead atoms. The molecule has 2 unspecified atom stereocenters. The molecule has 1 aromatic heterocycles. The number of sulfonamides is 1. The smallest absolute Gasteiger partial charge is 0.295 e. The number of para-hydroxylation sites is 1. The number of benzene rings is 1. The number of hydrazine groups is 1. The molecule has 2 heterocycles. The highest BCUT2D eigenvalue weighted by Crippen LogP contribution is 2.29. The first-order chi connectivity index (χ1) is 12.3. The zero-order valence-electron chi connectivity index (χ0n) is 14.8. The lowest BCUT2D eigenvalue weighted by atomic mass is 9.99. The first-order valence-corrected chi connectivity index (χ1v) is 9.65. The molecule has 3 N–H and O–H groups in total. The second-order valence-electron chi connectivity index (χ2n) is 6.42. The van der Waals surface area contributed by atoms with Crippen molar-refractivity contribution in [1.29, 1.82) is 0 Å². The molecule has 8 nitrogen and oxygen atoms in total. The number of nitrogens with zero attached hydrogens (tertiary/aromatic N) is 1. The largest absolute Gasteiger partial charge is 0.446 e. The minimum absolute atomic E-state index is 0.0636. The van der Waals surface area contributed by atoms with Gasteiger partial charge in [0.1, 0.15) is 5.76 Å². The predicted octanol–water partition coefficient (Wildman–Crippen LogP) is 1.24. The molecule has 26 heavy (non-hydrogen) atoms. The second kappa shape index (κ2) is 7.10. The molecule has 2 aromatic rings.